The van der Waals surface area contributed by atoms with Crippen molar-refractivity contribution in [2.75, 3.05) is 13.7 Å². The van der Waals surface area contributed by atoms with Crippen LogP contribution >= 0.6 is 23.2 Å². The van der Waals surface area contributed by atoms with Crippen LogP contribution in [-0.4, -0.2) is 29.8 Å². The van der Waals surface area contributed by atoms with Gasteiger partial charge in [-0.05, 0) is 36.4 Å². The van der Waals surface area contributed by atoms with E-state index in [1.807, 2.05) is 24.3 Å². The molecule has 0 atom stereocenters. The lowest BCUT2D eigenvalue weighted by molar-refractivity contribution is 0.0953. The normalized spacial score (nSPS) is 10.6. The fourth-order valence-electron chi connectivity index (χ4n) is 2.25. The number of methoxy groups -OCH3 is 1. The highest BCUT2D eigenvalue weighted by Gasteiger charge is 2.11. The molecule has 0 saturated heterocycles. The van der Waals surface area contributed by atoms with Crippen LogP contribution in [0.4, 0.5) is 0 Å². The Bertz CT molecular complexity index is 928. The largest absolute Gasteiger partial charge is 0.497 e. The summed E-state index contributed by atoms with van der Waals surface area (Å²) in [5, 5.41) is 11.5. The predicted molar refractivity (Wildman–Crippen MR) is 98.8 cm³/mol. The standard InChI is InChI=1S/C18H15Cl2N3O3/c1-25-13-4-2-3-12(9-13)18-23-22-16(26-18)7-8-21-17(24)11-5-6-14(19)15(20)10-11/h2-6,9-10H,7-8H2,1H3,(H,21,24). The third kappa shape index (κ3) is 4.33. The lowest BCUT2D eigenvalue weighted by Crippen LogP contribution is -2.25. The second-order valence-electron chi connectivity index (χ2n) is 5.37. The van der Waals surface area contributed by atoms with E-state index in [2.05, 4.69) is 15.5 Å². The number of aromatic nitrogens is 2. The Labute approximate surface area is 160 Å². The van der Waals surface area contributed by atoms with Gasteiger partial charge in [0.25, 0.3) is 5.91 Å². The summed E-state index contributed by atoms with van der Waals surface area (Å²) in [5.41, 5.74) is 1.20. The minimum atomic E-state index is -0.254. The number of carbonyl (C=O) groups is 1. The maximum absolute atomic E-state index is 12.1. The van der Waals surface area contributed by atoms with Gasteiger partial charge in [0, 0.05) is 24.1 Å². The van der Waals surface area contributed by atoms with Crippen LogP contribution in [0.5, 0.6) is 5.75 Å². The summed E-state index contributed by atoms with van der Waals surface area (Å²) in [4.78, 5) is 12.1. The number of nitrogens with zero attached hydrogens (tertiary/aromatic N) is 2. The highest BCUT2D eigenvalue weighted by atomic mass is 35.5. The Hall–Kier alpha value is -2.57. The third-order valence-electron chi connectivity index (χ3n) is 3.59. The molecular weight excluding hydrogens is 377 g/mol. The smallest absolute Gasteiger partial charge is 0.251 e. The molecule has 0 spiro atoms. The average Bonchev–Trinajstić information content (AvgIpc) is 3.13. The highest BCUT2D eigenvalue weighted by Crippen LogP contribution is 2.23. The summed E-state index contributed by atoms with van der Waals surface area (Å²) in [6, 6.07) is 12.0. The van der Waals surface area contributed by atoms with Gasteiger partial charge in [0.2, 0.25) is 11.8 Å². The van der Waals surface area contributed by atoms with Crippen LogP contribution < -0.4 is 10.1 Å². The lowest BCUT2D eigenvalue weighted by Gasteiger charge is -2.04. The first-order valence-electron chi connectivity index (χ1n) is 7.77. The maximum Gasteiger partial charge on any atom is 0.251 e. The fraction of sp³-hybridized carbons (Fsp3) is 0.167. The molecule has 0 aliphatic carbocycles. The second kappa shape index (κ2) is 8.21. The number of ether oxygens (including phenoxy) is 1. The number of benzene rings is 2. The van der Waals surface area contributed by atoms with E-state index < -0.39 is 0 Å². The first kappa shape index (κ1) is 18.2. The molecule has 1 amide bonds. The number of carbonyl (C=O) groups excluding carboxylic acids is 1. The van der Waals surface area contributed by atoms with Crippen molar-refractivity contribution in [1.29, 1.82) is 0 Å². The van der Waals surface area contributed by atoms with Gasteiger partial charge in [-0.3, -0.25) is 4.79 Å². The Balaban J connectivity index is 1.58. The molecule has 0 aliphatic heterocycles. The van der Waals surface area contributed by atoms with Gasteiger partial charge in [0.05, 0.1) is 17.2 Å². The van der Waals surface area contributed by atoms with Crippen molar-refractivity contribution in [2.45, 2.75) is 6.42 Å². The first-order chi connectivity index (χ1) is 12.6. The van der Waals surface area contributed by atoms with Crippen LogP contribution in [0.15, 0.2) is 46.9 Å². The zero-order valence-corrected chi connectivity index (χ0v) is 15.3. The molecule has 1 aromatic heterocycles. The van der Waals surface area contributed by atoms with E-state index in [1.165, 1.54) is 6.07 Å². The monoisotopic (exact) mass is 391 g/mol. The Kier molecular flexibility index (Phi) is 5.75. The molecule has 3 aromatic rings. The Morgan fingerprint density at radius 3 is 2.77 bits per heavy atom. The van der Waals surface area contributed by atoms with Crippen molar-refractivity contribution in [3.63, 3.8) is 0 Å². The van der Waals surface area contributed by atoms with Crippen LogP contribution in [0, 0.1) is 0 Å². The molecule has 0 radical (unpaired) electrons. The molecular formula is C18H15Cl2N3O3. The predicted octanol–water partition coefficient (Wildman–Crippen LogP) is 4.02. The second-order valence-corrected chi connectivity index (χ2v) is 6.18. The van der Waals surface area contributed by atoms with Crippen LogP contribution in [0.2, 0.25) is 10.0 Å². The average molecular weight is 392 g/mol. The Morgan fingerprint density at radius 2 is 2.00 bits per heavy atom. The van der Waals surface area contributed by atoms with Gasteiger partial charge < -0.3 is 14.5 Å². The van der Waals surface area contributed by atoms with Crippen molar-refractivity contribution in [1.82, 2.24) is 15.5 Å². The minimum absolute atomic E-state index is 0.254. The molecule has 3 rings (SSSR count). The lowest BCUT2D eigenvalue weighted by atomic mass is 10.2. The van der Waals surface area contributed by atoms with Gasteiger partial charge in [0.15, 0.2) is 0 Å². The number of hydrogen-bond acceptors (Lipinski definition) is 5. The summed E-state index contributed by atoms with van der Waals surface area (Å²) in [6.45, 7) is 0.346. The zero-order valence-electron chi connectivity index (χ0n) is 13.8. The van der Waals surface area contributed by atoms with Crippen molar-refractivity contribution < 1.29 is 13.9 Å². The summed E-state index contributed by atoms with van der Waals surface area (Å²) in [6.07, 6.45) is 0.407. The third-order valence-corrected chi connectivity index (χ3v) is 4.33. The van der Waals surface area contributed by atoms with E-state index in [0.717, 1.165) is 5.56 Å². The zero-order chi connectivity index (χ0) is 18.5. The van der Waals surface area contributed by atoms with Crippen molar-refractivity contribution in [3.05, 3.63) is 64.0 Å². The molecule has 1 N–H and O–H groups in total. The molecule has 8 heteroatoms. The number of rotatable bonds is 6. The molecule has 6 nitrogen and oxygen atoms in total. The molecule has 0 unspecified atom stereocenters. The van der Waals surface area contributed by atoms with Gasteiger partial charge >= 0.3 is 0 Å². The molecule has 0 aliphatic rings. The number of amides is 1. The van der Waals surface area contributed by atoms with Gasteiger partial charge in [0.1, 0.15) is 5.75 Å². The molecule has 0 saturated carbocycles. The quantitative estimate of drug-likeness (QED) is 0.686. The topological polar surface area (TPSA) is 77.3 Å². The van der Waals surface area contributed by atoms with Crippen LogP contribution in [0.1, 0.15) is 16.2 Å². The van der Waals surface area contributed by atoms with E-state index in [0.29, 0.717) is 46.1 Å². The van der Waals surface area contributed by atoms with Crippen molar-refractivity contribution in [3.8, 4) is 17.2 Å². The molecule has 2 aromatic carbocycles. The van der Waals surface area contributed by atoms with E-state index in [9.17, 15) is 4.79 Å². The summed E-state index contributed by atoms with van der Waals surface area (Å²) in [5.74, 6) is 1.28. The first-order valence-corrected chi connectivity index (χ1v) is 8.52. The molecule has 26 heavy (non-hydrogen) atoms. The number of hydrogen-bond donors (Lipinski definition) is 1. The van der Waals surface area contributed by atoms with Gasteiger partial charge in [-0.15, -0.1) is 10.2 Å². The number of nitrogens with one attached hydrogen (secondary N) is 1. The number of halogens is 2. The maximum atomic E-state index is 12.1. The van der Waals surface area contributed by atoms with Crippen molar-refractivity contribution in [2.24, 2.45) is 0 Å². The SMILES string of the molecule is COc1cccc(-c2nnc(CCNC(=O)c3ccc(Cl)c(Cl)c3)o2)c1. The van der Waals surface area contributed by atoms with E-state index >= 15 is 0 Å². The van der Waals surface area contributed by atoms with Crippen molar-refractivity contribution >= 4 is 29.1 Å². The molecule has 0 fully saturated rings. The van der Waals surface area contributed by atoms with Crippen LogP contribution in [0.25, 0.3) is 11.5 Å². The molecule has 134 valence electrons. The van der Waals surface area contributed by atoms with Gasteiger partial charge in [-0.1, -0.05) is 29.3 Å². The van der Waals surface area contributed by atoms with Crippen LogP contribution in [-0.2, 0) is 6.42 Å². The summed E-state index contributed by atoms with van der Waals surface area (Å²) in [7, 11) is 1.59. The fourth-order valence-corrected chi connectivity index (χ4v) is 2.55. The summed E-state index contributed by atoms with van der Waals surface area (Å²) >= 11 is 11.8. The van der Waals surface area contributed by atoms with E-state index in [-0.39, 0.29) is 5.91 Å². The molecule has 0 bridgehead atoms. The van der Waals surface area contributed by atoms with Crippen LogP contribution in [0.3, 0.4) is 0 Å². The highest BCUT2D eigenvalue weighted by molar-refractivity contribution is 6.42. The van der Waals surface area contributed by atoms with Gasteiger partial charge in [-0.25, -0.2) is 0 Å². The molecule has 1 heterocycles. The van der Waals surface area contributed by atoms with Gasteiger partial charge in [-0.2, -0.15) is 0 Å². The van der Waals surface area contributed by atoms with E-state index in [4.69, 9.17) is 32.4 Å². The van der Waals surface area contributed by atoms with E-state index in [1.54, 1.807) is 19.2 Å². The minimum Gasteiger partial charge on any atom is -0.497 e. The Morgan fingerprint density at radius 1 is 1.15 bits per heavy atom. The summed E-state index contributed by atoms with van der Waals surface area (Å²) < 4.78 is 10.8.